The number of rotatable bonds is 4. The third-order valence-corrected chi connectivity index (χ3v) is 4.30. The van der Waals surface area contributed by atoms with E-state index in [0.29, 0.717) is 25.3 Å². The number of benzene rings is 1. The van der Waals surface area contributed by atoms with Crippen LogP contribution in [-0.2, 0) is 4.74 Å². The molecule has 6 nitrogen and oxygen atoms in total. The predicted octanol–water partition coefficient (Wildman–Crippen LogP) is 1.93. The molecule has 1 aromatic heterocycles. The first kappa shape index (κ1) is 16.4. The molecule has 6 heteroatoms. The highest BCUT2D eigenvalue weighted by Crippen LogP contribution is 2.33. The van der Waals surface area contributed by atoms with E-state index in [0.717, 1.165) is 16.8 Å². The van der Waals surface area contributed by atoms with Gasteiger partial charge in [0.1, 0.15) is 6.33 Å². The zero-order chi connectivity index (χ0) is 17.1. The van der Waals surface area contributed by atoms with Crippen molar-refractivity contribution < 1.29 is 14.6 Å². The number of β-amino-alcohol motifs (C(OH)–C–C–N with tert-alkyl or cyclic N) is 1. The summed E-state index contributed by atoms with van der Waals surface area (Å²) in [5.41, 5.74) is 3.27. The van der Waals surface area contributed by atoms with Crippen molar-refractivity contribution >= 4 is 11.7 Å². The van der Waals surface area contributed by atoms with Crippen molar-refractivity contribution in [1.29, 1.82) is 0 Å². The SMILES string of the molecule is CCOC(=O)c1ccc(C)cc1[C@@H]1CN(c2cncnc2)C[C@H]1O. The van der Waals surface area contributed by atoms with E-state index in [1.807, 2.05) is 24.0 Å². The first-order valence-electron chi connectivity index (χ1n) is 8.05. The van der Waals surface area contributed by atoms with Crippen LogP contribution in [0.3, 0.4) is 0 Å². The Morgan fingerprint density at radius 1 is 1.33 bits per heavy atom. The first-order valence-corrected chi connectivity index (χ1v) is 8.05. The highest BCUT2D eigenvalue weighted by Gasteiger charge is 2.35. The number of ether oxygens (including phenoxy) is 1. The Balaban J connectivity index is 1.91. The Bertz CT molecular complexity index is 721. The largest absolute Gasteiger partial charge is 0.462 e. The van der Waals surface area contributed by atoms with Crippen molar-refractivity contribution in [2.45, 2.75) is 25.9 Å². The molecule has 3 rings (SSSR count). The van der Waals surface area contributed by atoms with Crippen LogP contribution in [0.15, 0.2) is 36.9 Å². The minimum atomic E-state index is -0.569. The second-order valence-corrected chi connectivity index (χ2v) is 5.99. The highest BCUT2D eigenvalue weighted by molar-refractivity contribution is 5.91. The monoisotopic (exact) mass is 327 g/mol. The van der Waals surface area contributed by atoms with Crippen LogP contribution < -0.4 is 4.90 Å². The average molecular weight is 327 g/mol. The van der Waals surface area contributed by atoms with Gasteiger partial charge in [-0.3, -0.25) is 0 Å². The molecule has 2 heterocycles. The fraction of sp³-hybridized carbons (Fsp3) is 0.389. The summed E-state index contributed by atoms with van der Waals surface area (Å²) in [7, 11) is 0. The van der Waals surface area contributed by atoms with Crippen LogP contribution >= 0.6 is 0 Å². The van der Waals surface area contributed by atoms with Crippen LogP contribution in [-0.4, -0.2) is 46.8 Å². The van der Waals surface area contributed by atoms with Crippen LogP contribution in [0.25, 0.3) is 0 Å². The normalized spacial score (nSPS) is 20.2. The second-order valence-electron chi connectivity index (χ2n) is 5.99. The lowest BCUT2D eigenvalue weighted by molar-refractivity contribution is 0.0523. The maximum atomic E-state index is 12.3. The molecule has 0 amide bonds. The van der Waals surface area contributed by atoms with Gasteiger partial charge in [-0.25, -0.2) is 14.8 Å². The van der Waals surface area contributed by atoms with Gasteiger partial charge < -0.3 is 14.7 Å². The minimum Gasteiger partial charge on any atom is -0.462 e. The lowest BCUT2D eigenvalue weighted by Crippen LogP contribution is -2.21. The van der Waals surface area contributed by atoms with E-state index >= 15 is 0 Å². The number of aromatic nitrogens is 2. The summed E-state index contributed by atoms with van der Waals surface area (Å²) in [5.74, 6) is -0.509. The van der Waals surface area contributed by atoms with E-state index in [4.69, 9.17) is 4.74 Å². The predicted molar refractivity (Wildman–Crippen MR) is 90.1 cm³/mol. The number of nitrogens with zero attached hydrogens (tertiary/aromatic N) is 3. The molecule has 1 aliphatic rings. The van der Waals surface area contributed by atoms with Crippen LogP contribution in [0, 0.1) is 6.92 Å². The number of aryl methyl sites for hydroxylation is 1. The fourth-order valence-corrected chi connectivity index (χ4v) is 3.14. The zero-order valence-electron chi connectivity index (χ0n) is 13.8. The van der Waals surface area contributed by atoms with Crippen molar-refractivity contribution in [2.24, 2.45) is 0 Å². The summed E-state index contributed by atoms with van der Waals surface area (Å²) >= 11 is 0. The molecule has 2 aromatic rings. The molecule has 1 fully saturated rings. The average Bonchev–Trinajstić information content (AvgIpc) is 2.97. The van der Waals surface area contributed by atoms with Gasteiger partial charge in [0.05, 0.1) is 36.4 Å². The number of anilines is 1. The van der Waals surface area contributed by atoms with Gasteiger partial charge in [0.15, 0.2) is 0 Å². The van der Waals surface area contributed by atoms with E-state index in [-0.39, 0.29) is 11.9 Å². The van der Waals surface area contributed by atoms with Gasteiger partial charge >= 0.3 is 5.97 Å². The van der Waals surface area contributed by atoms with Gasteiger partial charge in [0, 0.05) is 19.0 Å². The fourth-order valence-electron chi connectivity index (χ4n) is 3.14. The number of carbonyl (C=O) groups is 1. The topological polar surface area (TPSA) is 75.5 Å². The summed E-state index contributed by atoms with van der Waals surface area (Å²) < 4.78 is 5.16. The molecule has 1 aliphatic heterocycles. The number of aliphatic hydroxyl groups excluding tert-OH is 1. The molecule has 0 radical (unpaired) electrons. The van der Waals surface area contributed by atoms with E-state index < -0.39 is 6.10 Å². The molecule has 1 saturated heterocycles. The van der Waals surface area contributed by atoms with Crippen molar-refractivity contribution in [2.75, 3.05) is 24.6 Å². The summed E-state index contributed by atoms with van der Waals surface area (Å²) in [4.78, 5) is 22.3. The van der Waals surface area contributed by atoms with Crippen molar-refractivity contribution in [1.82, 2.24) is 9.97 Å². The number of carbonyl (C=O) groups excluding carboxylic acids is 1. The summed E-state index contributed by atoms with van der Waals surface area (Å²) in [6, 6.07) is 5.63. The molecule has 0 aliphatic carbocycles. The molecule has 126 valence electrons. The van der Waals surface area contributed by atoms with Crippen molar-refractivity contribution in [3.05, 3.63) is 53.6 Å². The molecule has 0 spiro atoms. The maximum Gasteiger partial charge on any atom is 0.338 e. The van der Waals surface area contributed by atoms with Crippen molar-refractivity contribution in [3.8, 4) is 0 Å². The summed E-state index contributed by atoms with van der Waals surface area (Å²) in [6.07, 6.45) is 4.36. The third kappa shape index (κ3) is 3.23. The summed E-state index contributed by atoms with van der Waals surface area (Å²) in [5, 5.41) is 10.6. The maximum absolute atomic E-state index is 12.3. The third-order valence-electron chi connectivity index (χ3n) is 4.30. The molecule has 24 heavy (non-hydrogen) atoms. The van der Waals surface area contributed by atoms with Crippen LogP contribution in [0.4, 0.5) is 5.69 Å². The van der Waals surface area contributed by atoms with Gasteiger partial charge in [-0.15, -0.1) is 0 Å². The van der Waals surface area contributed by atoms with Crippen molar-refractivity contribution in [3.63, 3.8) is 0 Å². The summed E-state index contributed by atoms with van der Waals surface area (Å²) in [6.45, 7) is 5.17. The van der Waals surface area contributed by atoms with Crippen LogP contribution in [0.1, 0.15) is 34.3 Å². The van der Waals surface area contributed by atoms with Crippen LogP contribution in [0.5, 0.6) is 0 Å². The smallest absolute Gasteiger partial charge is 0.338 e. The lowest BCUT2D eigenvalue weighted by Gasteiger charge is -2.19. The van der Waals surface area contributed by atoms with E-state index in [1.54, 1.807) is 25.4 Å². The van der Waals surface area contributed by atoms with E-state index in [1.165, 1.54) is 6.33 Å². The van der Waals surface area contributed by atoms with E-state index in [2.05, 4.69) is 9.97 Å². The molecule has 0 unspecified atom stereocenters. The van der Waals surface area contributed by atoms with Gasteiger partial charge in [0.25, 0.3) is 0 Å². The van der Waals surface area contributed by atoms with Crippen LogP contribution in [0.2, 0.25) is 0 Å². The number of hydrogen-bond donors (Lipinski definition) is 1. The molecular formula is C18H21N3O3. The van der Waals surface area contributed by atoms with Gasteiger partial charge in [-0.05, 0) is 25.5 Å². The number of esters is 1. The Kier molecular flexibility index (Phi) is 4.76. The van der Waals surface area contributed by atoms with Gasteiger partial charge in [-0.2, -0.15) is 0 Å². The molecular weight excluding hydrogens is 306 g/mol. The lowest BCUT2D eigenvalue weighted by atomic mass is 9.90. The number of aliphatic hydroxyl groups is 1. The highest BCUT2D eigenvalue weighted by atomic mass is 16.5. The zero-order valence-corrected chi connectivity index (χ0v) is 13.8. The standard InChI is InChI=1S/C18H21N3O3/c1-3-24-18(23)14-5-4-12(2)6-15(14)16-9-21(10-17(16)22)13-7-19-11-20-8-13/h4-8,11,16-17,22H,3,9-10H2,1-2H3/t16-,17+/m0/s1. The van der Waals surface area contributed by atoms with Gasteiger partial charge in [0.2, 0.25) is 0 Å². The first-order chi connectivity index (χ1) is 11.6. The molecule has 0 saturated carbocycles. The van der Waals surface area contributed by atoms with Gasteiger partial charge in [-0.1, -0.05) is 17.7 Å². The quantitative estimate of drug-likeness (QED) is 0.865. The Labute approximate surface area is 141 Å². The molecule has 1 N–H and O–H groups in total. The number of hydrogen-bond acceptors (Lipinski definition) is 6. The molecule has 0 bridgehead atoms. The molecule has 1 aromatic carbocycles. The minimum absolute atomic E-state index is 0.162. The second kappa shape index (κ2) is 6.97. The molecule has 2 atom stereocenters. The van der Waals surface area contributed by atoms with E-state index in [9.17, 15) is 9.90 Å². The Morgan fingerprint density at radius 2 is 2.08 bits per heavy atom. The Morgan fingerprint density at radius 3 is 2.79 bits per heavy atom. The Hall–Kier alpha value is -2.47.